The second-order valence-electron chi connectivity index (χ2n) is 5.66. The fraction of sp³-hybridized carbons (Fsp3) is 0.111. The van der Waals surface area contributed by atoms with Gasteiger partial charge in [-0.2, -0.15) is 5.10 Å². The second kappa shape index (κ2) is 8.05. The predicted octanol–water partition coefficient (Wildman–Crippen LogP) is 4.19. The third-order valence-corrected chi connectivity index (χ3v) is 3.88. The van der Waals surface area contributed by atoms with Gasteiger partial charge in [-0.15, -0.1) is 0 Å². The number of nitro groups is 1. The molecule has 3 rings (SSSR count). The van der Waals surface area contributed by atoms with Crippen LogP contribution in [0.1, 0.15) is 22.0 Å². The number of benzene rings is 1. The van der Waals surface area contributed by atoms with Crippen molar-refractivity contribution in [2.45, 2.75) is 6.61 Å². The van der Waals surface area contributed by atoms with Crippen LogP contribution in [0, 0.1) is 15.9 Å². The Morgan fingerprint density at radius 1 is 1.43 bits per heavy atom. The number of carbonyl (C=O) groups is 1. The van der Waals surface area contributed by atoms with Crippen LogP contribution < -0.4 is 4.74 Å². The van der Waals surface area contributed by atoms with Crippen LogP contribution >= 0.6 is 11.6 Å². The molecule has 0 aliphatic carbocycles. The first-order chi connectivity index (χ1) is 13.3. The maximum atomic E-state index is 13.0. The monoisotopic (exact) mass is 405 g/mol. The number of nitrogens with zero attached hydrogens (tertiary/aromatic N) is 3. The molecule has 3 aromatic rings. The smallest absolute Gasteiger partial charge is 0.318 e. The minimum absolute atomic E-state index is 0.0405. The molecule has 0 atom stereocenters. The number of aryl methyl sites for hydroxylation is 1. The van der Waals surface area contributed by atoms with E-state index in [1.54, 1.807) is 12.1 Å². The van der Waals surface area contributed by atoms with E-state index in [2.05, 4.69) is 5.10 Å². The molecule has 0 fully saturated rings. The quantitative estimate of drug-likeness (QED) is 0.253. The van der Waals surface area contributed by atoms with E-state index in [1.165, 1.54) is 29.9 Å². The highest BCUT2D eigenvalue weighted by Gasteiger charge is 2.23. The van der Waals surface area contributed by atoms with Crippen LogP contribution in [0.15, 0.2) is 47.0 Å². The number of carbonyl (C=O) groups excluding carboxylic acids is 1. The minimum atomic E-state index is -0.670. The summed E-state index contributed by atoms with van der Waals surface area (Å²) in [6.07, 6.45) is 3.66. The molecular weight excluding hydrogens is 393 g/mol. The molecule has 1 aromatic carbocycles. The van der Waals surface area contributed by atoms with Crippen LogP contribution in [-0.4, -0.2) is 20.5 Å². The second-order valence-corrected chi connectivity index (χ2v) is 6.07. The van der Waals surface area contributed by atoms with Gasteiger partial charge < -0.3 is 9.15 Å². The number of furan rings is 1. The fourth-order valence-electron chi connectivity index (χ4n) is 2.32. The summed E-state index contributed by atoms with van der Waals surface area (Å²) in [5.74, 6) is -0.0126. The Bertz CT molecular complexity index is 1070. The van der Waals surface area contributed by atoms with E-state index in [0.29, 0.717) is 17.3 Å². The first-order valence-electron chi connectivity index (χ1n) is 7.90. The zero-order valence-corrected chi connectivity index (χ0v) is 15.2. The van der Waals surface area contributed by atoms with Gasteiger partial charge in [-0.1, -0.05) is 11.6 Å². The molecule has 0 saturated carbocycles. The van der Waals surface area contributed by atoms with Gasteiger partial charge in [0.05, 0.1) is 9.95 Å². The van der Waals surface area contributed by atoms with E-state index in [4.69, 9.17) is 20.8 Å². The Morgan fingerprint density at radius 2 is 2.21 bits per heavy atom. The van der Waals surface area contributed by atoms with Crippen molar-refractivity contribution in [1.29, 1.82) is 0 Å². The highest BCUT2D eigenvalue weighted by molar-refractivity contribution is 6.32. The van der Waals surface area contributed by atoms with Crippen LogP contribution in [0.2, 0.25) is 5.02 Å². The normalized spacial score (nSPS) is 11.1. The van der Waals surface area contributed by atoms with Crippen molar-refractivity contribution in [2.24, 2.45) is 7.05 Å². The zero-order valence-electron chi connectivity index (χ0n) is 14.5. The molecule has 28 heavy (non-hydrogen) atoms. The zero-order chi connectivity index (χ0) is 20.3. The van der Waals surface area contributed by atoms with Crippen molar-refractivity contribution < 1.29 is 23.3 Å². The third-order valence-electron chi connectivity index (χ3n) is 3.58. The molecule has 0 aliphatic heterocycles. The lowest BCUT2D eigenvalue weighted by atomic mass is 10.2. The average Bonchev–Trinajstić information content (AvgIpc) is 3.25. The molecule has 2 heterocycles. The van der Waals surface area contributed by atoms with Gasteiger partial charge in [-0.3, -0.25) is 19.6 Å². The maximum absolute atomic E-state index is 13.0. The van der Waals surface area contributed by atoms with Crippen molar-refractivity contribution in [1.82, 2.24) is 9.78 Å². The van der Waals surface area contributed by atoms with E-state index in [-0.39, 0.29) is 23.0 Å². The molecule has 144 valence electrons. The van der Waals surface area contributed by atoms with Crippen LogP contribution in [0.3, 0.4) is 0 Å². The van der Waals surface area contributed by atoms with E-state index >= 15 is 0 Å². The van der Waals surface area contributed by atoms with Gasteiger partial charge in [0, 0.05) is 7.05 Å². The number of aromatic nitrogens is 2. The lowest BCUT2D eigenvalue weighted by Gasteiger charge is -2.05. The molecule has 0 unspecified atom stereocenters. The molecule has 0 bridgehead atoms. The minimum Gasteiger partial charge on any atom is -0.484 e. The number of hydrogen-bond donors (Lipinski definition) is 0. The molecule has 0 spiro atoms. The first kappa shape index (κ1) is 19.3. The maximum Gasteiger partial charge on any atom is 0.318 e. The average molecular weight is 406 g/mol. The topological polar surface area (TPSA) is 100 Å². The number of hydrogen-bond acceptors (Lipinski definition) is 6. The van der Waals surface area contributed by atoms with Gasteiger partial charge in [-0.05, 0) is 42.5 Å². The third kappa shape index (κ3) is 4.44. The summed E-state index contributed by atoms with van der Waals surface area (Å²) < 4.78 is 25.2. The predicted molar refractivity (Wildman–Crippen MR) is 97.7 cm³/mol. The van der Waals surface area contributed by atoms with Crippen molar-refractivity contribution in [2.75, 3.05) is 0 Å². The van der Waals surface area contributed by atoms with E-state index in [9.17, 15) is 19.3 Å². The van der Waals surface area contributed by atoms with Gasteiger partial charge in [0.25, 0.3) is 0 Å². The van der Waals surface area contributed by atoms with Gasteiger partial charge >= 0.3 is 5.69 Å². The SMILES string of the molecule is Cn1cc([N+](=O)[O-])c(C(=O)/C=C/c2ccc(COc3ccc(F)cc3Cl)o2)n1. The number of allylic oxidation sites excluding steroid dienone is 1. The number of ketones is 1. The molecule has 0 amide bonds. The highest BCUT2D eigenvalue weighted by Crippen LogP contribution is 2.26. The summed E-state index contributed by atoms with van der Waals surface area (Å²) in [5, 5.41) is 14.9. The largest absolute Gasteiger partial charge is 0.484 e. The molecule has 0 saturated heterocycles. The van der Waals surface area contributed by atoms with Gasteiger partial charge in [0.2, 0.25) is 11.5 Å². The van der Waals surface area contributed by atoms with Crippen LogP contribution in [-0.2, 0) is 13.7 Å². The summed E-state index contributed by atoms with van der Waals surface area (Å²) in [5.41, 5.74) is -0.633. The summed E-state index contributed by atoms with van der Waals surface area (Å²) >= 11 is 5.88. The number of rotatable bonds is 7. The van der Waals surface area contributed by atoms with Crippen LogP contribution in [0.25, 0.3) is 6.08 Å². The van der Waals surface area contributed by atoms with Crippen molar-refractivity contribution >= 4 is 29.1 Å². The Hall–Kier alpha value is -3.46. The highest BCUT2D eigenvalue weighted by atomic mass is 35.5. The first-order valence-corrected chi connectivity index (χ1v) is 8.28. The van der Waals surface area contributed by atoms with Crippen molar-refractivity contribution in [3.8, 4) is 5.75 Å². The van der Waals surface area contributed by atoms with Crippen molar-refractivity contribution in [3.63, 3.8) is 0 Å². The summed E-state index contributed by atoms with van der Waals surface area (Å²) in [4.78, 5) is 22.5. The Balaban J connectivity index is 1.65. The standard InChI is InChI=1S/C18H13ClFN3O5/c1-22-9-15(23(25)26)18(21-22)16(24)6-5-12-3-4-13(28-12)10-27-17-7-2-11(20)8-14(17)19/h2-9H,10H2,1H3/b6-5+. The van der Waals surface area contributed by atoms with Crippen molar-refractivity contribution in [3.05, 3.63) is 80.8 Å². The van der Waals surface area contributed by atoms with Gasteiger partial charge in [-0.25, -0.2) is 4.39 Å². The van der Waals surface area contributed by atoms with E-state index in [1.807, 2.05) is 0 Å². The fourth-order valence-corrected chi connectivity index (χ4v) is 2.55. The lowest BCUT2D eigenvalue weighted by molar-refractivity contribution is -0.385. The van der Waals surface area contributed by atoms with E-state index in [0.717, 1.165) is 18.3 Å². The Kier molecular flexibility index (Phi) is 5.55. The molecule has 0 radical (unpaired) electrons. The molecule has 8 nitrogen and oxygen atoms in total. The molecule has 10 heteroatoms. The van der Waals surface area contributed by atoms with Crippen LogP contribution in [0.5, 0.6) is 5.75 Å². The summed E-state index contributed by atoms with van der Waals surface area (Å²) in [6.45, 7) is 0.0405. The Labute approximate surface area is 162 Å². The number of ether oxygens (including phenoxy) is 1. The molecule has 2 aromatic heterocycles. The summed E-state index contributed by atoms with van der Waals surface area (Å²) in [7, 11) is 1.49. The van der Waals surface area contributed by atoms with E-state index < -0.39 is 16.5 Å². The van der Waals surface area contributed by atoms with Crippen LogP contribution in [0.4, 0.5) is 10.1 Å². The molecule has 0 aliphatic rings. The Morgan fingerprint density at radius 3 is 2.93 bits per heavy atom. The summed E-state index contributed by atoms with van der Waals surface area (Å²) in [6, 6.07) is 6.99. The lowest BCUT2D eigenvalue weighted by Crippen LogP contribution is -2.00. The molecular formula is C18H13ClFN3O5. The molecule has 0 N–H and O–H groups in total. The number of halogens is 2. The van der Waals surface area contributed by atoms with Gasteiger partial charge in [0.15, 0.2) is 0 Å². The van der Waals surface area contributed by atoms with Gasteiger partial charge in [0.1, 0.15) is 35.9 Å².